The van der Waals surface area contributed by atoms with Crippen molar-refractivity contribution < 1.29 is 18.1 Å². The zero-order valence-corrected chi connectivity index (χ0v) is 12.9. The molecule has 0 fully saturated rings. The zero-order chi connectivity index (χ0) is 17.9. The molecular weight excluding hydrogens is 323 g/mol. The van der Waals surface area contributed by atoms with E-state index in [1.807, 2.05) is 32.0 Å². The van der Waals surface area contributed by atoms with Crippen LogP contribution in [-0.4, -0.2) is 11.1 Å². The van der Waals surface area contributed by atoms with E-state index in [1.54, 1.807) is 0 Å². The molecule has 0 unspecified atom stereocenters. The van der Waals surface area contributed by atoms with Crippen molar-refractivity contribution >= 4 is 17.6 Å². The van der Waals surface area contributed by atoms with Gasteiger partial charge < -0.3 is 0 Å². The third-order valence-electron chi connectivity index (χ3n) is 3.34. The van der Waals surface area contributed by atoms with Crippen LogP contribution in [0, 0.1) is 24.0 Å². The van der Waals surface area contributed by atoms with Crippen LogP contribution >= 0.6 is 0 Å². The zero-order valence-electron chi connectivity index (χ0n) is 12.9. The van der Waals surface area contributed by atoms with Gasteiger partial charge in [-0.25, -0.2) is 0 Å². The molecule has 0 atom stereocenters. The number of alkyl halides is 3. The molecule has 24 heavy (non-hydrogen) atoms. The SMILES string of the molecule is Cc1ccc(/C=N\Nc2ccc(C(F)(F)F)cc2[N+](=O)[O-])c(C)c1. The maximum Gasteiger partial charge on any atom is 0.416 e. The lowest BCUT2D eigenvalue weighted by Crippen LogP contribution is -2.06. The standard InChI is InChI=1S/C16H14F3N3O2/c1-10-3-4-12(11(2)7-10)9-20-21-14-6-5-13(16(17,18)19)8-15(14)22(23)24/h3-9,21H,1-2H3/b20-9-. The van der Waals surface area contributed by atoms with Gasteiger partial charge in [-0.1, -0.05) is 23.8 Å². The van der Waals surface area contributed by atoms with Gasteiger partial charge in [-0.05, 0) is 37.1 Å². The fraction of sp³-hybridized carbons (Fsp3) is 0.188. The summed E-state index contributed by atoms with van der Waals surface area (Å²) in [5.41, 5.74) is 3.36. The lowest BCUT2D eigenvalue weighted by Gasteiger charge is -2.08. The minimum Gasteiger partial charge on any atom is -0.272 e. The summed E-state index contributed by atoms with van der Waals surface area (Å²) in [6.45, 7) is 3.83. The lowest BCUT2D eigenvalue weighted by molar-refractivity contribution is -0.384. The summed E-state index contributed by atoms with van der Waals surface area (Å²) in [5.74, 6) is 0. The van der Waals surface area contributed by atoms with Crippen molar-refractivity contribution in [2.45, 2.75) is 20.0 Å². The Balaban J connectivity index is 2.26. The number of benzene rings is 2. The highest BCUT2D eigenvalue weighted by Crippen LogP contribution is 2.34. The van der Waals surface area contributed by atoms with Gasteiger partial charge in [0.15, 0.2) is 0 Å². The van der Waals surface area contributed by atoms with Crippen LogP contribution in [0.1, 0.15) is 22.3 Å². The van der Waals surface area contributed by atoms with Crippen LogP contribution in [0.2, 0.25) is 0 Å². The first kappa shape index (κ1) is 17.5. The topological polar surface area (TPSA) is 67.5 Å². The summed E-state index contributed by atoms with van der Waals surface area (Å²) in [5, 5.41) is 14.8. The van der Waals surface area contributed by atoms with E-state index in [0.717, 1.165) is 28.8 Å². The smallest absolute Gasteiger partial charge is 0.272 e. The predicted molar refractivity (Wildman–Crippen MR) is 85.2 cm³/mol. The maximum atomic E-state index is 12.6. The molecule has 0 spiro atoms. The molecule has 2 aromatic carbocycles. The molecule has 0 aliphatic heterocycles. The number of nitrogens with one attached hydrogen (secondary N) is 1. The van der Waals surface area contributed by atoms with Crippen LogP contribution in [0.3, 0.4) is 0 Å². The van der Waals surface area contributed by atoms with Gasteiger partial charge in [-0.2, -0.15) is 18.3 Å². The maximum absolute atomic E-state index is 12.6. The van der Waals surface area contributed by atoms with E-state index < -0.39 is 22.4 Å². The van der Waals surface area contributed by atoms with Gasteiger partial charge in [0, 0.05) is 6.07 Å². The predicted octanol–water partition coefficient (Wildman–Crippen LogP) is 4.68. The molecule has 2 aromatic rings. The molecular formula is C16H14F3N3O2. The van der Waals surface area contributed by atoms with Gasteiger partial charge in [0.1, 0.15) is 5.69 Å². The Morgan fingerprint density at radius 3 is 2.46 bits per heavy atom. The van der Waals surface area contributed by atoms with E-state index in [-0.39, 0.29) is 5.69 Å². The van der Waals surface area contributed by atoms with E-state index in [1.165, 1.54) is 6.21 Å². The van der Waals surface area contributed by atoms with Crippen LogP contribution in [0.25, 0.3) is 0 Å². The molecule has 0 saturated heterocycles. The van der Waals surface area contributed by atoms with Gasteiger partial charge in [-0.3, -0.25) is 15.5 Å². The summed E-state index contributed by atoms with van der Waals surface area (Å²) in [6.07, 6.45) is -3.19. The number of nitro benzene ring substituents is 1. The second-order valence-corrected chi connectivity index (χ2v) is 5.22. The third-order valence-corrected chi connectivity index (χ3v) is 3.34. The lowest BCUT2D eigenvalue weighted by atomic mass is 10.1. The van der Waals surface area contributed by atoms with Crippen molar-refractivity contribution in [3.8, 4) is 0 Å². The van der Waals surface area contributed by atoms with Gasteiger partial charge >= 0.3 is 6.18 Å². The van der Waals surface area contributed by atoms with Gasteiger partial charge in [0.05, 0.1) is 16.7 Å². The monoisotopic (exact) mass is 337 g/mol. The molecule has 8 heteroatoms. The molecule has 0 aromatic heterocycles. The van der Waals surface area contributed by atoms with Crippen molar-refractivity contribution in [3.63, 3.8) is 0 Å². The number of aryl methyl sites for hydroxylation is 2. The Labute approximate surface area is 136 Å². The molecule has 0 amide bonds. The van der Waals surface area contributed by atoms with E-state index in [4.69, 9.17) is 0 Å². The Morgan fingerprint density at radius 2 is 1.88 bits per heavy atom. The van der Waals surface area contributed by atoms with Crippen molar-refractivity contribution in [1.29, 1.82) is 0 Å². The van der Waals surface area contributed by atoms with Gasteiger partial charge in [0.2, 0.25) is 0 Å². The number of nitrogens with zero attached hydrogens (tertiary/aromatic N) is 2. The summed E-state index contributed by atoms with van der Waals surface area (Å²) >= 11 is 0. The van der Waals surface area contributed by atoms with Crippen molar-refractivity contribution in [3.05, 3.63) is 68.8 Å². The molecule has 0 saturated carbocycles. The van der Waals surface area contributed by atoms with E-state index in [9.17, 15) is 23.3 Å². The molecule has 126 valence electrons. The van der Waals surface area contributed by atoms with E-state index in [2.05, 4.69) is 10.5 Å². The Morgan fingerprint density at radius 1 is 1.17 bits per heavy atom. The molecule has 0 heterocycles. The quantitative estimate of drug-likeness (QED) is 0.500. The second-order valence-electron chi connectivity index (χ2n) is 5.22. The Hall–Kier alpha value is -2.90. The summed E-state index contributed by atoms with van der Waals surface area (Å²) in [7, 11) is 0. The molecule has 5 nitrogen and oxygen atoms in total. The average molecular weight is 337 g/mol. The van der Waals surface area contributed by atoms with Crippen LogP contribution in [0.15, 0.2) is 41.5 Å². The van der Waals surface area contributed by atoms with Crippen LogP contribution in [-0.2, 0) is 6.18 Å². The number of halogens is 3. The number of hydrogen-bond acceptors (Lipinski definition) is 4. The summed E-state index contributed by atoms with van der Waals surface area (Å²) < 4.78 is 37.9. The normalized spacial score (nSPS) is 11.7. The fourth-order valence-corrected chi connectivity index (χ4v) is 2.10. The average Bonchev–Trinajstić information content (AvgIpc) is 2.48. The summed E-state index contributed by atoms with van der Waals surface area (Å²) in [4.78, 5) is 10.1. The minimum absolute atomic E-state index is 0.117. The number of hydrogen-bond donors (Lipinski definition) is 1. The highest BCUT2D eigenvalue weighted by molar-refractivity contribution is 5.82. The van der Waals surface area contributed by atoms with Crippen LogP contribution in [0.4, 0.5) is 24.5 Å². The number of hydrazone groups is 1. The first-order valence-electron chi connectivity index (χ1n) is 6.90. The second kappa shape index (κ2) is 6.69. The third kappa shape index (κ3) is 4.09. The van der Waals surface area contributed by atoms with Crippen molar-refractivity contribution in [2.75, 3.05) is 5.43 Å². The molecule has 0 aliphatic rings. The Bertz CT molecular complexity index is 802. The molecule has 0 aliphatic carbocycles. The number of anilines is 1. The van der Waals surface area contributed by atoms with E-state index in [0.29, 0.717) is 6.07 Å². The fourth-order valence-electron chi connectivity index (χ4n) is 2.10. The Kier molecular flexibility index (Phi) is 4.87. The van der Waals surface area contributed by atoms with Crippen LogP contribution in [0.5, 0.6) is 0 Å². The van der Waals surface area contributed by atoms with Crippen molar-refractivity contribution in [2.24, 2.45) is 5.10 Å². The number of nitro groups is 1. The number of rotatable bonds is 4. The molecule has 2 rings (SSSR count). The molecule has 1 N–H and O–H groups in total. The van der Waals surface area contributed by atoms with Crippen LogP contribution < -0.4 is 5.43 Å². The van der Waals surface area contributed by atoms with Crippen molar-refractivity contribution in [1.82, 2.24) is 0 Å². The first-order valence-corrected chi connectivity index (χ1v) is 6.90. The summed E-state index contributed by atoms with van der Waals surface area (Å²) in [6, 6.07) is 7.89. The first-order chi connectivity index (χ1) is 11.2. The largest absolute Gasteiger partial charge is 0.416 e. The molecule has 0 radical (unpaired) electrons. The van der Waals surface area contributed by atoms with Gasteiger partial charge in [0.25, 0.3) is 5.69 Å². The highest BCUT2D eigenvalue weighted by Gasteiger charge is 2.33. The highest BCUT2D eigenvalue weighted by atomic mass is 19.4. The minimum atomic E-state index is -4.65. The molecule has 0 bridgehead atoms. The van der Waals surface area contributed by atoms with Gasteiger partial charge in [-0.15, -0.1) is 0 Å². The van der Waals surface area contributed by atoms with E-state index >= 15 is 0 Å².